The SMILES string of the molecule is C=CCN1CCN=C1NC(=O)C=C. The molecule has 1 amide bonds. The Kier molecular flexibility index (Phi) is 3.25. The van der Waals surface area contributed by atoms with Crippen molar-refractivity contribution in [3.05, 3.63) is 25.3 Å². The zero-order valence-corrected chi connectivity index (χ0v) is 7.49. The summed E-state index contributed by atoms with van der Waals surface area (Å²) in [5.41, 5.74) is 0. The predicted molar refractivity (Wildman–Crippen MR) is 52.4 cm³/mol. The standard InChI is InChI=1S/C9H13N3O/c1-3-6-12-7-5-10-9(12)11-8(13)4-2/h3-4H,1-2,5-7H2,(H,10,11,13). The van der Waals surface area contributed by atoms with E-state index >= 15 is 0 Å². The number of nitrogens with zero attached hydrogens (tertiary/aromatic N) is 2. The molecule has 0 fully saturated rings. The number of nitrogens with one attached hydrogen (secondary N) is 1. The third kappa shape index (κ3) is 2.43. The summed E-state index contributed by atoms with van der Waals surface area (Å²) in [6, 6.07) is 0. The van der Waals surface area contributed by atoms with E-state index in [0.717, 1.165) is 13.1 Å². The van der Waals surface area contributed by atoms with E-state index in [1.54, 1.807) is 6.08 Å². The van der Waals surface area contributed by atoms with Crippen LogP contribution in [0.25, 0.3) is 0 Å². The first-order valence-corrected chi connectivity index (χ1v) is 4.11. The van der Waals surface area contributed by atoms with Crippen LogP contribution in [0.15, 0.2) is 30.3 Å². The summed E-state index contributed by atoms with van der Waals surface area (Å²) in [7, 11) is 0. The van der Waals surface area contributed by atoms with Crippen LogP contribution in [-0.2, 0) is 4.79 Å². The smallest absolute Gasteiger partial charge is 0.250 e. The fraction of sp³-hybridized carbons (Fsp3) is 0.333. The fourth-order valence-electron chi connectivity index (χ4n) is 1.10. The molecule has 70 valence electrons. The van der Waals surface area contributed by atoms with Gasteiger partial charge in [-0.2, -0.15) is 0 Å². The van der Waals surface area contributed by atoms with Gasteiger partial charge < -0.3 is 4.90 Å². The molecule has 1 aliphatic heterocycles. The Labute approximate surface area is 77.6 Å². The third-order valence-corrected chi connectivity index (χ3v) is 1.70. The summed E-state index contributed by atoms with van der Waals surface area (Å²) in [5, 5.41) is 2.63. The van der Waals surface area contributed by atoms with E-state index in [-0.39, 0.29) is 5.91 Å². The zero-order chi connectivity index (χ0) is 9.68. The molecule has 4 heteroatoms. The van der Waals surface area contributed by atoms with Gasteiger partial charge >= 0.3 is 0 Å². The molecular formula is C9H13N3O. The number of carbonyl (C=O) groups excluding carboxylic acids is 1. The molecule has 0 aromatic heterocycles. The van der Waals surface area contributed by atoms with Gasteiger partial charge in [0.15, 0.2) is 0 Å². The minimum atomic E-state index is -0.227. The van der Waals surface area contributed by atoms with Gasteiger partial charge in [-0.3, -0.25) is 15.1 Å². The summed E-state index contributed by atoms with van der Waals surface area (Å²) in [5.74, 6) is 0.388. The van der Waals surface area contributed by atoms with Crippen molar-refractivity contribution in [2.24, 2.45) is 4.99 Å². The monoisotopic (exact) mass is 179 g/mol. The van der Waals surface area contributed by atoms with E-state index in [4.69, 9.17) is 0 Å². The second-order valence-electron chi connectivity index (χ2n) is 2.63. The van der Waals surface area contributed by atoms with E-state index in [0.29, 0.717) is 12.5 Å². The van der Waals surface area contributed by atoms with Gasteiger partial charge in [0.25, 0.3) is 0 Å². The second kappa shape index (κ2) is 4.45. The first kappa shape index (κ1) is 9.51. The summed E-state index contributed by atoms with van der Waals surface area (Å²) in [6.07, 6.45) is 3.01. The number of hydrogen-bond acceptors (Lipinski definition) is 3. The summed E-state index contributed by atoms with van der Waals surface area (Å²) in [6.45, 7) is 9.26. The van der Waals surface area contributed by atoms with Gasteiger partial charge in [0.1, 0.15) is 0 Å². The van der Waals surface area contributed by atoms with Crippen LogP contribution in [0.1, 0.15) is 0 Å². The summed E-state index contributed by atoms with van der Waals surface area (Å²) < 4.78 is 0. The lowest BCUT2D eigenvalue weighted by Gasteiger charge is -2.17. The van der Waals surface area contributed by atoms with Gasteiger partial charge in [-0.1, -0.05) is 12.7 Å². The van der Waals surface area contributed by atoms with Crippen molar-refractivity contribution in [2.75, 3.05) is 19.6 Å². The van der Waals surface area contributed by atoms with Crippen molar-refractivity contribution in [1.82, 2.24) is 10.2 Å². The van der Waals surface area contributed by atoms with Gasteiger partial charge in [-0.15, -0.1) is 6.58 Å². The van der Waals surface area contributed by atoms with Gasteiger partial charge in [-0.05, 0) is 6.08 Å². The number of aliphatic imine (C=N–C) groups is 1. The zero-order valence-electron chi connectivity index (χ0n) is 7.49. The Morgan fingerprint density at radius 2 is 2.46 bits per heavy atom. The first-order valence-electron chi connectivity index (χ1n) is 4.11. The average molecular weight is 179 g/mol. The molecule has 13 heavy (non-hydrogen) atoms. The molecule has 0 aliphatic carbocycles. The number of rotatable bonds is 3. The lowest BCUT2D eigenvalue weighted by Crippen LogP contribution is -2.40. The number of guanidine groups is 1. The van der Waals surface area contributed by atoms with Crippen molar-refractivity contribution in [3.63, 3.8) is 0 Å². The molecule has 0 saturated heterocycles. The maximum absolute atomic E-state index is 11.0. The maximum atomic E-state index is 11.0. The number of amides is 1. The summed E-state index contributed by atoms with van der Waals surface area (Å²) >= 11 is 0. The molecule has 4 nitrogen and oxygen atoms in total. The number of hydrogen-bond donors (Lipinski definition) is 1. The van der Waals surface area contributed by atoms with Crippen LogP contribution in [-0.4, -0.2) is 36.4 Å². The Morgan fingerprint density at radius 1 is 1.69 bits per heavy atom. The molecule has 0 radical (unpaired) electrons. The van der Waals surface area contributed by atoms with E-state index in [1.807, 2.05) is 4.90 Å². The van der Waals surface area contributed by atoms with Crippen LogP contribution in [0.4, 0.5) is 0 Å². The molecule has 1 aliphatic rings. The fourth-order valence-corrected chi connectivity index (χ4v) is 1.10. The van der Waals surface area contributed by atoms with E-state index in [9.17, 15) is 4.79 Å². The van der Waals surface area contributed by atoms with Crippen LogP contribution in [0, 0.1) is 0 Å². The molecule has 0 aromatic rings. The average Bonchev–Trinajstić information content (AvgIpc) is 2.54. The van der Waals surface area contributed by atoms with Crippen molar-refractivity contribution in [1.29, 1.82) is 0 Å². The highest BCUT2D eigenvalue weighted by atomic mass is 16.1. The predicted octanol–water partition coefficient (Wildman–Crippen LogP) is 0.146. The molecule has 0 aromatic carbocycles. The normalized spacial score (nSPS) is 15.1. The highest BCUT2D eigenvalue weighted by Crippen LogP contribution is 1.98. The van der Waals surface area contributed by atoms with E-state index in [1.165, 1.54) is 6.08 Å². The quantitative estimate of drug-likeness (QED) is 0.495. The van der Waals surface area contributed by atoms with Crippen molar-refractivity contribution >= 4 is 11.9 Å². The lowest BCUT2D eigenvalue weighted by molar-refractivity contribution is -0.115. The molecule has 0 saturated carbocycles. The van der Waals surface area contributed by atoms with E-state index < -0.39 is 0 Å². The number of carbonyl (C=O) groups is 1. The Bertz CT molecular complexity index is 258. The molecule has 0 bridgehead atoms. The largest absolute Gasteiger partial charge is 0.337 e. The highest BCUT2D eigenvalue weighted by Gasteiger charge is 2.16. The van der Waals surface area contributed by atoms with Crippen LogP contribution in [0.2, 0.25) is 0 Å². The Balaban J connectivity index is 2.52. The molecule has 0 atom stereocenters. The molecule has 1 heterocycles. The maximum Gasteiger partial charge on any atom is 0.250 e. The topological polar surface area (TPSA) is 44.7 Å². The van der Waals surface area contributed by atoms with Crippen LogP contribution in [0.5, 0.6) is 0 Å². The van der Waals surface area contributed by atoms with Gasteiger partial charge in [-0.25, -0.2) is 0 Å². The third-order valence-electron chi connectivity index (χ3n) is 1.70. The highest BCUT2D eigenvalue weighted by molar-refractivity contribution is 6.02. The molecular weight excluding hydrogens is 166 g/mol. The molecule has 1 N–H and O–H groups in total. The van der Waals surface area contributed by atoms with Gasteiger partial charge in [0, 0.05) is 13.1 Å². The summed E-state index contributed by atoms with van der Waals surface area (Å²) in [4.78, 5) is 17.0. The van der Waals surface area contributed by atoms with Crippen molar-refractivity contribution in [2.45, 2.75) is 0 Å². The molecule has 0 spiro atoms. The first-order chi connectivity index (χ1) is 6.27. The Morgan fingerprint density at radius 3 is 3.08 bits per heavy atom. The van der Waals surface area contributed by atoms with Gasteiger partial charge in [0.05, 0.1) is 6.54 Å². The minimum Gasteiger partial charge on any atom is -0.337 e. The van der Waals surface area contributed by atoms with Crippen molar-refractivity contribution < 1.29 is 4.79 Å². The molecule has 0 unspecified atom stereocenters. The van der Waals surface area contributed by atoms with Crippen molar-refractivity contribution in [3.8, 4) is 0 Å². The van der Waals surface area contributed by atoms with E-state index in [2.05, 4.69) is 23.5 Å². The van der Waals surface area contributed by atoms with Crippen LogP contribution < -0.4 is 5.32 Å². The molecule has 1 rings (SSSR count). The Hall–Kier alpha value is -1.58. The van der Waals surface area contributed by atoms with Crippen LogP contribution >= 0.6 is 0 Å². The van der Waals surface area contributed by atoms with Gasteiger partial charge in [0.2, 0.25) is 11.9 Å². The lowest BCUT2D eigenvalue weighted by atomic mass is 10.5. The minimum absolute atomic E-state index is 0.227. The second-order valence-corrected chi connectivity index (χ2v) is 2.63. The van der Waals surface area contributed by atoms with Crippen LogP contribution in [0.3, 0.4) is 0 Å².